The van der Waals surface area contributed by atoms with E-state index in [9.17, 15) is 23.3 Å². The van der Waals surface area contributed by atoms with Crippen molar-refractivity contribution in [2.24, 2.45) is 0 Å². The number of esters is 1. The Morgan fingerprint density at radius 1 is 1.18 bits per heavy atom. The van der Waals surface area contributed by atoms with E-state index in [-0.39, 0.29) is 42.8 Å². The number of methoxy groups -OCH3 is 1. The highest BCUT2D eigenvalue weighted by molar-refractivity contribution is 7.89. The lowest BCUT2D eigenvalue weighted by atomic mass is 10.0. The number of nitrogens with one attached hydrogen (secondary N) is 1. The molecule has 0 spiro atoms. The van der Waals surface area contributed by atoms with Crippen LogP contribution in [0.1, 0.15) is 47.3 Å². The van der Waals surface area contributed by atoms with Crippen LogP contribution in [-0.4, -0.2) is 50.1 Å². The van der Waals surface area contributed by atoms with E-state index in [1.807, 2.05) is 19.9 Å². The predicted octanol–water partition coefficient (Wildman–Crippen LogP) is 2.85. The van der Waals surface area contributed by atoms with Crippen molar-refractivity contribution in [2.45, 2.75) is 39.3 Å². The molecule has 0 fully saturated rings. The number of nitrogens with zero attached hydrogens (tertiary/aromatic N) is 2. The van der Waals surface area contributed by atoms with Crippen molar-refractivity contribution in [3.05, 3.63) is 58.7 Å². The van der Waals surface area contributed by atoms with Gasteiger partial charge in [0.25, 0.3) is 5.91 Å². The number of fused-ring (bicyclic) bond motifs is 1. The van der Waals surface area contributed by atoms with Gasteiger partial charge in [0.1, 0.15) is 11.8 Å². The Balaban J connectivity index is 1.69. The molecule has 1 N–H and O–H groups in total. The molecule has 1 heterocycles. The van der Waals surface area contributed by atoms with Crippen molar-refractivity contribution in [2.75, 3.05) is 24.7 Å². The van der Waals surface area contributed by atoms with Gasteiger partial charge in [-0.1, -0.05) is 6.07 Å². The number of amides is 1. The monoisotopic (exact) mass is 485 g/mol. The number of benzene rings is 2. The van der Waals surface area contributed by atoms with Crippen molar-refractivity contribution in [1.29, 1.82) is 5.26 Å². The van der Waals surface area contributed by atoms with E-state index in [2.05, 4.69) is 16.1 Å². The summed E-state index contributed by atoms with van der Waals surface area (Å²) in [4.78, 5) is 24.0. The molecule has 2 aromatic carbocycles. The van der Waals surface area contributed by atoms with E-state index in [1.165, 1.54) is 17.5 Å². The Labute approximate surface area is 199 Å². The van der Waals surface area contributed by atoms with Gasteiger partial charge in [-0.3, -0.25) is 9.59 Å². The Morgan fingerprint density at radius 3 is 2.62 bits per heavy atom. The lowest BCUT2D eigenvalue weighted by molar-refractivity contribution is -0.140. The van der Waals surface area contributed by atoms with Gasteiger partial charge in [-0.2, -0.15) is 9.57 Å². The zero-order valence-electron chi connectivity index (χ0n) is 19.3. The van der Waals surface area contributed by atoms with Gasteiger partial charge in [-0.05, 0) is 61.7 Å². The first-order valence-corrected chi connectivity index (χ1v) is 12.4. The van der Waals surface area contributed by atoms with Crippen molar-refractivity contribution in [1.82, 2.24) is 4.31 Å². The number of sulfonamides is 1. The summed E-state index contributed by atoms with van der Waals surface area (Å²) in [5.41, 5.74) is 2.96. The minimum absolute atomic E-state index is 0.0963. The van der Waals surface area contributed by atoms with E-state index < -0.39 is 16.0 Å². The van der Waals surface area contributed by atoms with Gasteiger partial charge in [0.05, 0.1) is 31.0 Å². The third kappa shape index (κ3) is 6.12. The molecule has 1 aliphatic heterocycles. The topological polar surface area (TPSA) is 126 Å². The van der Waals surface area contributed by atoms with Gasteiger partial charge in [0, 0.05) is 24.3 Å². The Morgan fingerprint density at radius 2 is 1.94 bits per heavy atom. The first kappa shape index (κ1) is 25.2. The fourth-order valence-electron chi connectivity index (χ4n) is 3.60. The Kier molecular flexibility index (Phi) is 7.91. The molecule has 0 aromatic heterocycles. The van der Waals surface area contributed by atoms with Crippen molar-refractivity contribution in [3.63, 3.8) is 0 Å². The number of hydrogen-bond donors (Lipinski definition) is 1. The zero-order chi connectivity index (χ0) is 24.9. The number of rotatable bonds is 8. The average molecular weight is 486 g/mol. The molecule has 9 nitrogen and oxygen atoms in total. The summed E-state index contributed by atoms with van der Waals surface area (Å²) in [6.07, 6.45) is 0.197. The Bertz CT molecular complexity index is 1230. The molecule has 10 heteroatoms. The fourth-order valence-corrected chi connectivity index (χ4v) is 4.99. The summed E-state index contributed by atoms with van der Waals surface area (Å²) >= 11 is 0. The summed E-state index contributed by atoms with van der Waals surface area (Å²) < 4.78 is 36.6. The SMILES string of the molecule is COC(=O)CCS(=O)(=O)N1CCc2cc(NC(=O)c3ccc(OC(C)C)c(C#N)c3)ccc2C1. The van der Waals surface area contributed by atoms with Crippen molar-refractivity contribution in [3.8, 4) is 11.8 Å². The van der Waals surface area contributed by atoms with E-state index in [0.29, 0.717) is 23.4 Å². The van der Waals surface area contributed by atoms with Crippen molar-refractivity contribution >= 4 is 27.6 Å². The summed E-state index contributed by atoms with van der Waals surface area (Å²) in [6, 6.07) is 12.1. The summed E-state index contributed by atoms with van der Waals surface area (Å²) in [5, 5.41) is 12.2. The summed E-state index contributed by atoms with van der Waals surface area (Å²) in [7, 11) is -2.36. The molecule has 0 aliphatic carbocycles. The molecule has 0 unspecified atom stereocenters. The van der Waals surface area contributed by atoms with Crippen LogP contribution in [0.3, 0.4) is 0 Å². The lowest BCUT2D eigenvalue weighted by Crippen LogP contribution is -2.38. The minimum Gasteiger partial charge on any atom is -0.490 e. The highest BCUT2D eigenvalue weighted by Crippen LogP contribution is 2.26. The number of hydrogen-bond acceptors (Lipinski definition) is 7. The standard InChI is InChI=1S/C24H27N3O6S/c1-16(2)33-22-7-5-18(12-20(22)14-25)24(29)26-21-6-4-19-15-27(10-8-17(19)13-21)34(30,31)11-9-23(28)32-3/h4-7,12-13,16H,8-11,15H2,1-3H3,(H,26,29). The normalized spacial score (nSPS) is 13.6. The zero-order valence-corrected chi connectivity index (χ0v) is 20.1. The van der Waals surface area contributed by atoms with Crippen LogP contribution in [-0.2, 0) is 32.5 Å². The Hall–Kier alpha value is -3.42. The fraction of sp³-hybridized carbons (Fsp3) is 0.375. The van der Waals surface area contributed by atoms with Crippen LogP contribution in [0.15, 0.2) is 36.4 Å². The number of nitriles is 1. The van der Waals surface area contributed by atoms with Gasteiger partial charge in [0.15, 0.2) is 0 Å². The van der Waals surface area contributed by atoms with Crippen LogP contribution >= 0.6 is 0 Å². The maximum absolute atomic E-state index is 12.7. The van der Waals surface area contributed by atoms with Gasteiger partial charge in [0.2, 0.25) is 10.0 Å². The first-order valence-electron chi connectivity index (χ1n) is 10.8. The molecule has 0 atom stereocenters. The number of ether oxygens (including phenoxy) is 2. The number of carbonyl (C=O) groups excluding carboxylic acids is 2. The van der Waals surface area contributed by atoms with Crippen LogP contribution in [0.4, 0.5) is 5.69 Å². The summed E-state index contributed by atoms with van der Waals surface area (Å²) in [5.74, 6) is -0.802. The molecule has 3 rings (SSSR count). The third-order valence-corrected chi connectivity index (χ3v) is 7.17. The second-order valence-electron chi connectivity index (χ2n) is 8.15. The molecule has 1 aliphatic rings. The largest absolute Gasteiger partial charge is 0.490 e. The molecule has 180 valence electrons. The molecule has 0 radical (unpaired) electrons. The molecule has 34 heavy (non-hydrogen) atoms. The van der Waals surface area contributed by atoms with Crippen LogP contribution in [0, 0.1) is 11.3 Å². The average Bonchev–Trinajstić information content (AvgIpc) is 2.81. The molecule has 0 saturated carbocycles. The maximum atomic E-state index is 12.7. The molecule has 0 bridgehead atoms. The predicted molar refractivity (Wildman–Crippen MR) is 126 cm³/mol. The highest BCUT2D eigenvalue weighted by atomic mass is 32.2. The molecule has 2 aromatic rings. The van der Waals surface area contributed by atoms with Crippen LogP contribution in [0.2, 0.25) is 0 Å². The smallest absolute Gasteiger partial charge is 0.306 e. The van der Waals surface area contributed by atoms with E-state index >= 15 is 0 Å². The molecular weight excluding hydrogens is 458 g/mol. The van der Waals surface area contributed by atoms with Crippen molar-refractivity contribution < 1.29 is 27.5 Å². The van der Waals surface area contributed by atoms with E-state index in [1.54, 1.807) is 24.3 Å². The van der Waals surface area contributed by atoms with Crippen LogP contribution < -0.4 is 10.1 Å². The second-order valence-corrected chi connectivity index (χ2v) is 10.2. The van der Waals surface area contributed by atoms with Gasteiger partial charge < -0.3 is 14.8 Å². The van der Waals surface area contributed by atoms with Gasteiger partial charge in [-0.15, -0.1) is 0 Å². The quantitative estimate of drug-likeness (QED) is 0.570. The van der Waals surface area contributed by atoms with E-state index in [4.69, 9.17) is 4.74 Å². The molecule has 1 amide bonds. The van der Waals surface area contributed by atoms with Crippen LogP contribution in [0.5, 0.6) is 5.75 Å². The second kappa shape index (κ2) is 10.7. The van der Waals surface area contributed by atoms with E-state index in [0.717, 1.165) is 11.1 Å². The maximum Gasteiger partial charge on any atom is 0.306 e. The van der Waals surface area contributed by atoms with Gasteiger partial charge >= 0.3 is 5.97 Å². The number of anilines is 1. The minimum atomic E-state index is -3.59. The molecule has 0 saturated heterocycles. The van der Waals surface area contributed by atoms with Crippen LogP contribution in [0.25, 0.3) is 0 Å². The molecular formula is C24H27N3O6S. The first-order chi connectivity index (χ1) is 16.1. The third-order valence-electron chi connectivity index (χ3n) is 5.35. The number of carbonyl (C=O) groups is 2. The summed E-state index contributed by atoms with van der Waals surface area (Å²) in [6.45, 7) is 4.20. The lowest BCUT2D eigenvalue weighted by Gasteiger charge is -2.28. The van der Waals surface area contributed by atoms with Gasteiger partial charge in [-0.25, -0.2) is 8.42 Å². The highest BCUT2D eigenvalue weighted by Gasteiger charge is 2.27.